The molecule has 1 aliphatic rings. The zero-order valence-electron chi connectivity index (χ0n) is 42.5. The van der Waals surface area contributed by atoms with Gasteiger partial charge in [0.1, 0.15) is 34.4 Å². The number of nitrogen functional groups attached to an aromatic ring is 1. The Bertz CT molecular complexity index is 2690. The Hall–Kier alpha value is -6.47. The lowest BCUT2D eigenvalue weighted by Gasteiger charge is -2.35. The standard InChI is InChI=1S/C51H70N12O8S/c1-8-62-43-38(29-55-36(21-22-51(6,7)69)41(43)59-47(62)42-46(52)61-71-60-42)70-26-14-24-53-23-13-16-39(65)54-25-12-10-9-11-15-40(66)58-45(50(3,4)5)49(68)63-30-35(64)27-37(63)48(67)56-28-33-17-19-34(20-18-33)44-32(2)57-31-72-44/h17-20,29,31,35,37,45,53,64,69H,8-16,23-28,30H2,1-7H3,(H2,52,61)(H,54,65)(H,56,67)(H,58,66). The number of carbonyl (C=O) groups is 4. The fourth-order valence-electron chi connectivity index (χ4n) is 8.33. The van der Waals surface area contributed by atoms with Crippen LogP contribution in [0.15, 0.2) is 40.6 Å². The normalized spacial score (nSPS) is 15.3. The number of aromatic nitrogens is 6. The molecular weight excluding hydrogens is 941 g/mol. The molecule has 0 aliphatic carbocycles. The van der Waals surface area contributed by atoms with Crippen LogP contribution in [0.5, 0.6) is 5.75 Å². The largest absolute Gasteiger partial charge is 0.490 e. The fraction of sp³-hybridized carbons (Fsp3) is 0.549. The minimum Gasteiger partial charge on any atom is -0.490 e. The molecule has 3 atom stereocenters. The van der Waals surface area contributed by atoms with Gasteiger partial charge in [-0.05, 0) is 99.2 Å². The molecule has 1 aromatic carbocycles. The van der Waals surface area contributed by atoms with Crippen molar-refractivity contribution in [1.82, 2.24) is 56.0 Å². The molecule has 1 fully saturated rings. The monoisotopic (exact) mass is 1010 g/mol. The number of ether oxygens (including phenoxy) is 1. The molecule has 1 aliphatic heterocycles. The fourth-order valence-corrected chi connectivity index (χ4v) is 9.15. The van der Waals surface area contributed by atoms with Crippen molar-refractivity contribution < 1.29 is 38.8 Å². The third kappa shape index (κ3) is 15.0. The topological polar surface area (TPSA) is 278 Å². The summed E-state index contributed by atoms with van der Waals surface area (Å²) in [6.07, 6.45) is 5.84. The number of fused-ring (bicyclic) bond motifs is 1. The summed E-state index contributed by atoms with van der Waals surface area (Å²) in [7, 11) is 0. The molecule has 5 heterocycles. The van der Waals surface area contributed by atoms with Crippen LogP contribution in [0.4, 0.5) is 5.82 Å². The van der Waals surface area contributed by atoms with Crippen LogP contribution in [0.3, 0.4) is 0 Å². The molecule has 8 N–H and O–H groups in total. The molecule has 0 spiro atoms. The van der Waals surface area contributed by atoms with Crippen molar-refractivity contribution in [3.63, 3.8) is 0 Å². The van der Waals surface area contributed by atoms with Gasteiger partial charge in [-0.3, -0.25) is 19.2 Å². The van der Waals surface area contributed by atoms with Gasteiger partial charge in [0, 0.05) is 45.4 Å². The van der Waals surface area contributed by atoms with Gasteiger partial charge in [-0.2, -0.15) is 0 Å². The van der Waals surface area contributed by atoms with Crippen LogP contribution < -0.4 is 31.7 Å². The number of nitrogens with zero attached hydrogens (tertiary/aromatic N) is 7. The summed E-state index contributed by atoms with van der Waals surface area (Å²) >= 11 is 1.57. The molecule has 6 rings (SSSR count). The van der Waals surface area contributed by atoms with E-state index in [0.717, 1.165) is 41.0 Å². The molecule has 4 aromatic heterocycles. The smallest absolute Gasteiger partial charge is 0.246 e. The highest BCUT2D eigenvalue weighted by molar-refractivity contribution is 7.13. The quantitative estimate of drug-likeness (QED) is 0.0327. The van der Waals surface area contributed by atoms with E-state index in [1.165, 1.54) is 4.90 Å². The van der Waals surface area contributed by atoms with Gasteiger partial charge in [-0.25, -0.2) is 19.6 Å². The average Bonchev–Trinajstić information content (AvgIpc) is 4.15. The van der Waals surface area contributed by atoms with Crippen molar-refractivity contribution in [2.75, 3.05) is 38.5 Å². The third-order valence-electron chi connectivity index (χ3n) is 12.1. The summed E-state index contributed by atoms with van der Waals surface area (Å²) in [5.74, 6) is 5.74. The number of hydrogen-bond donors (Lipinski definition) is 7. The first-order chi connectivity index (χ1) is 34.3. The van der Waals surface area contributed by atoms with Crippen LogP contribution >= 0.6 is 11.3 Å². The van der Waals surface area contributed by atoms with Crippen LogP contribution in [-0.2, 0) is 32.3 Å². The summed E-state index contributed by atoms with van der Waals surface area (Å²) in [6, 6.07) is 6.14. The molecule has 72 heavy (non-hydrogen) atoms. The van der Waals surface area contributed by atoms with Crippen LogP contribution in [0.1, 0.15) is 116 Å². The third-order valence-corrected chi connectivity index (χ3v) is 13.1. The Kier molecular flexibility index (Phi) is 19.2. The second-order valence-electron chi connectivity index (χ2n) is 19.7. The number of likely N-dealkylation sites (tertiary alicyclic amines) is 1. The molecule has 1 saturated heterocycles. The van der Waals surface area contributed by atoms with E-state index >= 15 is 0 Å². The number of aryl methyl sites for hydroxylation is 2. The number of imidazole rings is 1. The van der Waals surface area contributed by atoms with Crippen LogP contribution in [0, 0.1) is 24.2 Å². The van der Waals surface area contributed by atoms with E-state index in [-0.39, 0.29) is 55.2 Å². The van der Waals surface area contributed by atoms with Gasteiger partial charge >= 0.3 is 0 Å². The lowest BCUT2D eigenvalue weighted by Crippen LogP contribution is -2.57. The first kappa shape index (κ1) is 54.9. The Balaban J connectivity index is 0.842. The number of anilines is 1. The van der Waals surface area contributed by atoms with Gasteiger partial charge in [0.15, 0.2) is 23.1 Å². The number of nitrogens with one attached hydrogen (secondary N) is 4. The van der Waals surface area contributed by atoms with Gasteiger partial charge in [-0.15, -0.1) is 11.3 Å². The molecule has 5 aromatic rings. The molecule has 20 nitrogen and oxygen atoms in total. The number of hydrogen-bond acceptors (Lipinski definition) is 16. The number of aliphatic hydroxyl groups is 2. The van der Waals surface area contributed by atoms with Crippen molar-refractivity contribution in [3.05, 3.63) is 52.9 Å². The van der Waals surface area contributed by atoms with Gasteiger partial charge in [0.25, 0.3) is 0 Å². The van der Waals surface area contributed by atoms with Crippen LogP contribution in [-0.4, -0.2) is 125 Å². The number of pyridine rings is 1. The molecule has 3 unspecified atom stereocenters. The molecule has 0 saturated carbocycles. The summed E-state index contributed by atoms with van der Waals surface area (Å²) < 4.78 is 12.9. The van der Waals surface area contributed by atoms with E-state index in [9.17, 15) is 29.4 Å². The van der Waals surface area contributed by atoms with Crippen LogP contribution in [0.25, 0.3) is 33.0 Å². The summed E-state index contributed by atoms with van der Waals surface area (Å²) in [4.78, 5) is 69.2. The number of amides is 4. The van der Waals surface area contributed by atoms with Crippen molar-refractivity contribution in [2.45, 2.75) is 143 Å². The first-order valence-electron chi connectivity index (χ1n) is 24.7. The number of nitrogens with two attached hydrogens (primary N) is 1. The highest BCUT2D eigenvalue weighted by atomic mass is 32.1. The zero-order chi connectivity index (χ0) is 52.0. The maximum atomic E-state index is 14.0. The predicted molar refractivity (Wildman–Crippen MR) is 274 cm³/mol. The minimum atomic E-state index is -1.23. The number of rotatable bonds is 24. The van der Waals surface area contributed by atoms with Gasteiger partial charge < -0.3 is 51.4 Å². The Morgan fingerprint density at radius 1 is 0.958 bits per heavy atom. The van der Waals surface area contributed by atoms with Gasteiger partial charge in [-0.1, -0.05) is 63.8 Å². The summed E-state index contributed by atoms with van der Waals surface area (Å²) in [5, 5.41) is 40.6. The second kappa shape index (κ2) is 25.3. The number of unbranched alkanes of at least 4 members (excludes halogenated alkanes) is 3. The van der Waals surface area contributed by atoms with Crippen molar-refractivity contribution in [1.29, 1.82) is 0 Å². The summed E-state index contributed by atoms with van der Waals surface area (Å²) in [5.41, 5.74) is 10.6. The second-order valence-corrected chi connectivity index (χ2v) is 20.5. The number of benzene rings is 1. The molecule has 0 bridgehead atoms. The van der Waals surface area contributed by atoms with E-state index in [0.29, 0.717) is 86.8 Å². The number of β-amino-alcohol motifs (C(OH)–C–C–N with tert-alkyl or cyclic N) is 1. The molecule has 4 amide bonds. The summed E-state index contributed by atoms with van der Waals surface area (Å²) in [6.45, 7) is 15.7. The van der Waals surface area contributed by atoms with Crippen molar-refractivity contribution in [2.24, 2.45) is 5.41 Å². The van der Waals surface area contributed by atoms with Crippen LogP contribution in [0.2, 0.25) is 0 Å². The Morgan fingerprint density at radius 2 is 1.69 bits per heavy atom. The van der Waals surface area contributed by atoms with E-state index in [1.54, 1.807) is 31.4 Å². The molecule has 21 heteroatoms. The van der Waals surface area contributed by atoms with E-state index in [2.05, 4.69) is 53.4 Å². The lowest BCUT2D eigenvalue weighted by atomic mass is 9.85. The molecule has 388 valence electrons. The predicted octanol–water partition coefficient (Wildman–Crippen LogP) is 4.65. The van der Waals surface area contributed by atoms with E-state index < -0.39 is 35.1 Å². The van der Waals surface area contributed by atoms with Gasteiger partial charge in [0.2, 0.25) is 23.6 Å². The Morgan fingerprint density at radius 3 is 2.38 bits per heavy atom. The van der Waals surface area contributed by atoms with Gasteiger partial charge in [0.05, 0.1) is 35.0 Å². The first-order valence-corrected chi connectivity index (χ1v) is 25.6. The highest BCUT2D eigenvalue weighted by Crippen LogP contribution is 2.34. The van der Waals surface area contributed by atoms with E-state index in [4.69, 9.17) is 20.1 Å². The zero-order valence-corrected chi connectivity index (χ0v) is 43.3. The van der Waals surface area contributed by atoms with Crippen molar-refractivity contribution >= 4 is 51.8 Å². The highest BCUT2D eigenvalue weighted by Gasteiger charge is 2.44. The van der Waals surface area contributed by atoms with Crippen molar-refractivity contribution in [3.8, 4) is 39.5 Å². The number of thiazole rings is 1. The SMILES string of the molecule is CCn1c(-c2nonc2N)nc2c(C#CC(C)(C)O)ncc(OCCCNCCCC(=O)NCCCCCCC(=O)NC(C(=O)N3CC(O)CC3C(=O)NCc3ccc(-c4scnc4C)cc3)C(C)(C)C)c21. The maximum Gasteiger partial charge on any atom is 0.246 e. The maximum absolute atomic E-state index is 14.0. The number of aliphatic hydroxyl groups excluding tert-OH is 1. The molecular formula is C51H70N12O8S. The lowest BCUT2D eigenvalue weighted by molar-refractivity contribution is -0.144. The average molecular weight is 1010 g/mol. The molecule has 0 radical (unpaired) electrons. The minimum absolute atomic E-state index is 0.00698. The van der Waals surface area contributed by atoms with E-state index in [1.807, 2.05) is 69.0 Å². The Labute approximate surface area is 424 Å². The number of carbonyl (C=O) groups excluding carboxylic acids is 4.